The smallest absolute Gasteiger partial charge is 0.274 e. The summed E-state index contributed by atoms with van der Waals surface area (Å²) in [6.45, 7) is 0.633. The number of carbonyl (C=O) groups is 2. The molecule has 3 aromatic rings. The van der Waals surface area contributed by atoms with Gasteiger partial charge in [-0.2, -0.15) is 0 Å². The van der Waals surface area contributed by atoms with Crippen molar-refractivity contribution in [1.82, 2.24) is 10.8 Å². The lowest BCUT2D eigenvalue weighted by atomic mass is 9.96. The minimum atomic E-state index is -0.597. The summed E-state index contributed by atoms with van der Waals surface area (Å²) in [5, 5.41) is 20.7. The molecular formula is C24H24N2O5. The van der Waals surface area contributed by atoms with Crippen molar-refractivity contribution >= 4 is 11.8 Å². The fourth-order valence-corrected chi connectivity index (χ4v) is 3.17. The van der Waals surface area contributed by atoms with Crippen LogP contribution in [-0.2, 0) is 6.42 Å². The van der Waals surface area contributed by atoms with E-state index in [2.05, 4.69) is 5.32 Å². The van der Waals surface area contributed by atoms with E-state index in [1.54, 1.807) is 23.7 Å². The molecule has 0 heterocycles. The highest BCUT2D eigenvalue weighted by Gasteiger charge is 2.09. The van der Waals surface area contributed by atoms with Crippen LogP contribution in [0.1, 0.15) is 26.3 Å². The molecule has 0 fully saturated rings. The number of hydrogen-bond donors (Lipinski definition) is 4. The molecule has 0 aliphatic rings. The minimum absolute atomic E-state index is 0.0640. The molecule has 3 aromatic carbocycles. The molecule has 0 saturated heterocycles. The number of ether oxygens (including phenoxy) is 1. The summed E-state index contributed by atoms with van der Waals surface area (Å²) in [6.07, 6.45) is 0.551. The van der Waals surface area contributed by atoms with Gasteiger partial charge in [0.2, 0.25) is 0 Å². The van der Waals surface area contributed by atoms with E-state index in [4.69, 9.17) is 9.94 Å². The molecule has 2 amide bonds. The predicted molar refractivity (Wildman–Crippen MR) is 116 cm³/mol. The molecule has 160 valence electrons. The average Bonchev–Trinajstić information content (AvgIpc) is 2.82. The Hall–Kier alpha value is -3.68. The fourth-order valence-electron chi connectivity index (χ4n) is 3.17. The Labute approximate surface area is 180 Å². The number of aliphatic hydroxyl groups is 1. The Kier molecular flexibility index (Phi) is 7.75. The molecule has 7 heteroatoms. The lowest BCUT2D eigenvalue weighted by Crippen LogP contribution is -2.28. The molecule has 0 unspecified atom stereocenters. The van der Waals surface area contributed by atoms with Crippen molar-refractivity contribution in [1.29, 1.82) is 0 Å². The van der Waals surface area contributed by atoms with Crippen molar-refractivity contribution in [3.05, 3.63) is 89.5 Å². The van der Waals surface area contributed by atoms with Gasteiger partial charge in [0.25, 0.3) is 11.8 Å². The van der Waals surface area contributed by atoms with Crippen LogP contribution in [0.4, 0.5) is 0 Å². The number of benzene rings is 3. The van der Waals surface area contributed by atoms with Crippen LogP contribution >= 0.6 is 0 Å². The quantitative estimate of drug-likeness (QED) is 0.242. The highest BCUT2D eigenvalue weighted by Crippen LogP contribution is 2.25. The van der Waals surface area contributed by atoms with E-state index >= 15 is 0 Å². The normalized spacial score (nSPS) is 10.4. The van der Waals surface area contributed by atoms with Crippen molar-refractivity contribution in [3.63, 3.8) is 0 Å². The van der Waals surface area contributed by atoms with Crippen molar-refractivity contribution < 1.29 is 24.6 Å². The fraction of sp³-hybridized carbons (Fsp3) is 0.167. The van der Waals surface area contributed by atoms with Gasteiger partial charge in [0.15, 0.2) is 0 Å². The number of amides is 2. The van der Waals surface area contributed by atoms with Gasteiger partial charge in [-0.05, 0) is 59.5 Å². The second kappa shape index (κ2) is 10.9. The first-order chi connectivity index (χ1) is 15.1. The van der Waals surface area contributed by atoms with Gasteiger partial charge in [0, 0.05) is 17.7 Å². The van der Waals surface area contributed by atoms with E-state index in [-0.39, 0.29) is 19.1 Å². The maximum Gasteiger partial charge on any atom is 0.274 e. The monoisotopic (exact) mass is 420 g/mol. The number of hydroxylamine groups is 1. The van der Waals surface area contributed by atoms with Crippen LogP contribution in [0.15, 0.2) is 72.8 Å². The Balaban J connectivity index is 1.56. The second-order valence-electron chi connectivity index (χ2n) is 6.78. The maximum atomic E-state index is 12.5. The van der Waals surface area contributed by atoms with Gasteiger partial charge in [0.05, 0.1) is 6.54 Å². The topological polar surface area (TPSA) is 108 Å². The van der Waals surface area contributed by atoms with Crippen molar-refractivity contribution in [2.45, 2.75) is 6.42 Å². The third-order valence-corrected chi connectivity index (χ3v) is 4.71. The Morgan fingerprint density at radius 3 is 2.39 bits per heavy atom. The molecule has 0 atom stereocenters. The Bertz CT molecular complexity index is 1030. The van der Waals surface area contributed by atoms with Crippen LogP contribution in [0, 0.1) is 0 Å². The Morgan fingerprint density at radius 2 is 1.65 bits per heavy atom. The first-order valence-corrected chi connectivity index (χ1v) is 9.87. The van der Waals surface area contributed by atoms with Crippen LogP contribution in [0.2, 0.25) is 0 Å². The summed E-state index contributed by atoms with van der Waals surface area (Å²) in [6, 6.07) is 21.4. The van der Waals surface area contributed by atoms with E-state index in [9.17, 15) is 14.7 Å². The summed E-state index contributed by atoms with van der Waals surface area (Å²) in [4.78, 5) is 23.8. The van der Waals surface area contributed by atoms with E-state index in [1.807, 2.05) is 42.5 Å². The molecule has 0 aromatic heterocycles. The van der Waals surface area contributed by atoms with Gasteiger partial charge in [-0.15, -0.1) is 0 Å². The maximum absolute atomic E-state index is 12.5. The van der Waals surface area contributed by atoms with Gasteiger partial charge < -0.3 is 15.2 Å². The summed E-state index contributed by atoms with van der Waals surface area (Å²) in [5.41, 5.74) is 5.35. The molecule has 4 N–H and O–H groups in total. The lowest BCUT2D eigenvalue weighted by molar-refractivity contribution is 0.0706. The largest absolute Gasteiger partial charge is 0.492 e. The van der Waals surface area contributed by atoms with Crippen molar-refractivity contribution in [2.75, 3.05) is 19.8 Å². The van der Waals surface area contributed by atoms with Crippen LogP contribution in [0.25, 0.3) is 11.1 Å². The summed E-state index contributed by atoms with van der Waals surface area (Å²) >= 11 is 0. The molecule has 0 aliphatic heterocycles. The average molecular weight is 420 g/mol. The number of aliphatic hydroxyl groups excluding tert-OH is 1. The zero-order chi connectivity index (χ0) is 22.1. The number of nitrogens with one attached hydrogen (secondary N) is 2. The molecule has 0 spiro atoms. The van der Waals surface area contributed by atoms with Crippen LogP contribution < -0.4 is 15.5 Å². The summed E-state index contributed by atoms with van der Waals surface area (Å²) in [5.74, 6) is -0.258. The zero-order valence-electron chi connectivity index (χ0n) is 16.9. The van der Waals surface area contributed by atoms with E-state index in [1.165, 1.54) is 12.1 Å². The number of rotatable bonds is 9. The minimum Gasteiger partial charge on any atom is -0.492 e. The standard InChI is InChI=1S/C24H24N2O5/c27-14-12-17-4-1-2-7-22(17)19-5-3-6-20(16-19)23(28)25-13-15-31-21-10-8-18(9-11-21)24(29)26-30/h1-11,16,27,30H,12-15H2,(H,25,28)(H,26,29). The molecule has 0 saturated carbocycles. The molecule has 0 bridgehead atoms. The third-order valence-electron chi connectivity index (χ3n) is 4.71. The van der Waals surface area contributed by atoms with Gasteiger partial charge in [-0.25, -0.2) is 5.48 Å². The third kappa shape index (κ3) is 5.91. The number of carbonyl (C=O) groups excluding carboxylic acids is 2. The molecule has 7 nitrogen and oxygen atoms in total. The molecule has 0 aliphatic carbocycles. The Morgan fingerprint density at radius 1 is 0.871 bits per heavy atom. The van der Waals surface area contributed by atoms with Gasteiger partial charge in [0.1, 0.15) is 12.4 Å². The van der Waals surface area contributed by atoms with Crippen LogP contribution in [0.3, 0.4) is 0 Å². The SMILES string of the molecule is O=C(NO)c1ccc(OCCNC(=O)c2cccc(-c3ccccc3CCO)c2)cc1. The summed E-state index contributed by atoms with van der Waals surface area (Å²) in [7, 11) is 0. The van der Waals surface area contributed by atoms with Crippen molar-refractivity contribution in [2.24, 2.45) is 0 Å². The molecule has 0 radical (unpaired) electrons. The zero-order valence-corrected chi connectivity index (χ0v) is 16.9. The van der Waals surface area contributed by atoms with E-state index in [0.717, 1.165) is 16.7 Å². The second-order valence-corrected chi connectivity index (χ2v) is 6.78. The highest BCUT2D eigenvalue weighted by atomic mass is 16.5. The number of hydrogen-bond acceptors (Lipinski definition) is 5. The van der Waals surface area contributed by atoms with E-state index in [0.29, 0.717) is 29.8 Å². The first kappa shape index (κ1) is 22.0. The predicted octanol–water partition coefficient (Wildman–Crippen LogP) is 2.82. The molecule has 31 heavy (non-hydrogen) atoms. The van der Waals surface area contributed by atoms with Gasteiger partial charge in [-0.3, -0.25) is 14.8 Å². The molecule has 3 rings (SSSR count). The van der Waals surface area contributed by atoms with Crippen LogP contribution in [-0.4, -0.2) is 41.9 Å². The van der Waals surface area contributed by atoms with E-state index < -0.39 is 5.91 Å². The first-order valence-electron chi connectivity index (χ1n) is 9.87. The lowest BCUT2D eigenvalue weighted by Gasteiger charge is -2.11. The van der Waals surface area contributed by atoms with Gasteiger partial charge in [-0.1, -0.05) is 36.4 Å². The highest BCUT2D eigenvalue weighted by molar-refractivity contribution is 5.95. The van der Waals surface area contributed by atoms with Crippen molar-refractivity contribution in [3.8, 4) is 16.9 Å². The summed E-state index contributed by atoms with van der Waals surface area (Å²) < 4.78 is 5.56. The van der Waals surface area contributed by atoms with Crippen LogP contribution in [0.5, 0.6) is 5.75 Å². The van der Waals surface area contributed by atoms with Gasteiger partial charge >= 0.3 is 0 Å². The molecular weight excluding hydrogens is 396 g/mol.